The van der Waals surface area contributed by atoms with E-state index in [2.05, 4.69) is 0 Å². The Bertz CT molecular complexity index is 99.6. The van der Waals surface area contributed by atoms with Crippen molar-refractivity contribution in [3.63, 3.8) is 0 Å². The molecule has 0 unspecified atom stereocenters. The zero-order valence-corrected chi connectivity index (χ0v) is 6.31. The monoisotopic (exact) mass is 183 g/mol. The minimum Gasteiger partial charge on any atom is -0.480 e. The van der Waals surface area contributed by atoms with Gasteiger partial charge in [0.1, 0.15) is 6.04 Å². The molecule has 0 radical (unpaired) electrons. The number of rotatable bonds is 2. The second-order valence-corrected chi connectivity index (χ2v) is 2.11. The summed E-state index contributed by atoms with van der Waals surface area (Å²) in [6.07, 6.45) is 0. The third-order valence-electron chi connectivity index (χ3n) is 1.00. The molecule has 0 fully saturated rings. The van der Waals surface area contributed by atoms with Crippen LogP contribution in [0.1, 0.15) is 13.8 Å². The molecule has 10 heavy (non-hydrogen) atoms. The molecule has 0 saturated carbocycles. The van der Waals surface area contributed by atoms with Gasteiger partial charge < -0.3 is 10.8 Å². The van der Waals surface area contributed by atoms with Gasteiger partial charge in [-0.05, 0) is 5.92 Å². The first-order valence-corrected chi connectivity index (χ1v) is 2.54. The highest BCUT2D eigenvalue weighted by Crippen LogP contribution is 1.96. The molecule has 62 valence electrons. The minimum atomic E-state index is -0.931. The van der Waals surface area contributed by atoms with Crippen LogP contribution in [0.25, 0.3) is 0 Å². The lowest BCUT2D eigenvalue weighted by Crippen LogP contribution is -2.34. The molecule has 0 aromatic carbocycles. The highest BCUT2D eigenvalue weighted by molar-refractivity contribution is 5.85. The molecule has 0 spiro atoms. The average Bonchev–Trinajstić information content (AvgIpc) is 1.64. The van der Waals surface area contributed by atoms with Crippen molar-refractivity contribution < 1.29 is 9.90 Å². The van der Waals surface area contributed by atoms with Crippen molar-refractivity contribution in [3.8, 4) is 0 Å². The minimum absolute atomic E-state index is 0. The molecule has 0 bridgehead atoms. The van der Waals surface area contributed by atoms with E-state index < -0.39 is 12.0 Å². The molecular weight excluding hydrogens is 168 g/mol. The van der Waals surface area contributed by atoms with Gasteiger partial charge >= 0.3 is 5.97 Å². The largest absolute Gasteiger partial charge is 0.480 e. The number of aliphatic carboxylic acids is 1. The zero-order chi connectivity index (χ0) is 6.73. The van der Waals surface area contributed by atoms with Crippen LogP contribution < -0.4 is 5.73 Å². The van der Waals surface area contributed by atoms with Gasteiger partial charge in [-0.15, -0.1) is 12.4 Å². The number of hydrogen-bond donors (Lipinski definition) is 2. The lowest BCUT2D eigenvalue weighted by Gasteiger charge is -2.07. The Kier molecular flexibility index (Phi) is 12.3. The van der Waals surface area contributed by atoms with Gasteiger partial charge in [-0.2, -0.15) is 0 Å². The van der Waals surface area contributed by atoms with Crippen LogP contribution in [0, 0.1) is 5.92 Å². The predicted octanol–water partition coefficient (Wildman–Crippen LogP) is -0.708. The van der Waals surface area contributed by atoms with E-state index in [0.717, 1.165) is 0 Å². The van der Waals surface area contributed by atoms with Crippen molar-refractivity contribution in [2.45, 2.75) is 19.9 Å². The van der Waals surface area contributed by atoms with E-state index in [1.807, 2.05) is 0 Å². The molecule has 5 heteroatoms. The van der Waals surface area contributed by atoms with Crippen LogP contribution in [0.2, 0.25) is 0 Å². The maximum Gasteiger partial charge on any atom is 0.320 e. The summed E-state index contributed by atoms with van der Waals surface area (Å²) >= 11 is 0. The van der Waals surface area contributed by atoms with Crippen LogP contribution >= 0.6 is 12.4 Å². The predicted molar refractivity (Wildman–Crippen MR) is 47.6 cm³/mol. The Morgan fingerprint density at radius 2 is 1.80 bits per heavy atom. The number of carbonyl (C=O) groups is 1. The molecule has 0 aliphatic heterocycles. The van der Waals surface area contributed by atoms with E-state index in [1.54, 1.807) is 13.8 Å². The first kappa shape index (κ1) is 16.7. The third kappa shape index (κ3) is 6.37. The van der Waals surface area contributed by atoms with E-state index in [9.17, 15) is 4.79 Å². The van der Waals surface area contributed by atoms with Crippen LogP contribution in [0.4, 0.5) is 0 Å². The molecule has 0 saturated heterocycles. The van der Waals surface area contributed by atoms with E-state index in [4.69, 9.17) is 10.8 Å². The summed E-state index contributed by atoms with van der Waals surface area (Å²) in [5, 5.41) is 8.23. The maximum atomic E-state index is 10.0. The second-order valence-electron chi connectivity index (χ2n) is 2.11. The first-order chi connectivity index (χ1) is 3.55. The van der Waals surface area contributed by atoms with E-state index in [1.165, 1.54) is 0 Å². The molecule has 1 atom stereocenters. The van der Waals surface area contributed by atoms with Gasteiger partial charge in [0, 0.05) is 0 Å². The number of carboxylic acid groups (broad SMARTS) is 1. The molecule has 0 aliphatic carbocycles. The van der Waals surface area contributed by atoms with Gasteiger partial charge in [0.05, 0.1) is 0 Å². The maximum absolute atomic E-state index is 10.0. The Labute approximate surface area is 77.5 Å². The molecule has 3 N–H and O–H groups in total. The van der Waals surface area contributed by atoms with Gasteiger partial charge in [-0.25, -0.2) is 0 Å². The fourth-order valence-corrected chi connectivity index (χ4v) is 0.285. The van der Waals surface area contributed by atoms with E-state index in [0.29, 0.717) is 0 Å². The van der Waals surface area contributed by atoms with Gasteiger partial charge in [0.2, 0.25) is 0 Å². The smallest absolute Gasteiger partial charge is 0.320 e. The summed E-state index contributed by atoms with van der Waals surface area (Å²) < 4.78 is 0. The number of halogens is 1. The quantitative estimate of drug-likeness (QED) is 0.556. The van der Waals surface area contributed by atoms with Crippen molar-refractivity contribution in [3.05, 3.63) is 0 Å². The molecule has 0 aliphatic rings. The lowest BCUT2D eigenvalue weighted by atomic mass is 10.1. The standard InChI is InChI=1S/C5H11NO2.Al.ClH.3H/c1-3(2)4(6)5(7)8;;;;;/h3-4H,6H2,1-2H3,(H,7,8);;1H;;;/t4-;;;;;/m0...../s1. The lowest BCUT2D eigenvalue weighted by molar-refractivity contribution is -0.139. The Morgan fingerprint density at radius 1 is 1.50 bits per heavy atom. The van der Waals surface area contributed by atoms with Crippen LogP contribution in [0.5, 0.6) is 0 Å². The highest BCUT2D eigenvalue weighted by Gasteiger charge is 2.14. The van der Waals surface area contributed by atoms with Crippen molar-refractivity contribution in [1.29, 1.82) is 0 Å². The molecule has 0 amide bonds. The third-order valence-corrected chi connectivity index (χ3v) is 1.00. The number of nitrogens with two attached hydrogens (primary N) is 1. The summed E-state index contributed by atoms with van der Waals surface area (Å²) in [6.45, 7) is 3.55. The summed E-state index contributed by atoms with van der Waals surface area (Å²) in [5.74, 6) is -0.910. The molecule has 3 nitrogen and oxygen atoms in total. The van der Waals surface area contributed by atoms with Crippen LogP contribution in [-0.4, -0.2) is 34.5 Å². The molecular formula is C5H15AlClNO2. The first-order valence-electron chi connectivity index (χ1n) is 2.54. The Balaban J connectivity index is -0.000000245. The van der Waals surface area contributed by atoms with Crippen LogP contribution in [0.15, 0.2) is 0 Å². The number of hydrogen-bond acceptors (Lipinski definition) is 2. The summed E-state index contributed by atoms with van der Waals surface area (Å²) in [7, 11) is 0. The van der Waals surface area contributed by atoms with Gasteiger partial charge in [0.15, 0.2) is 17.4 Å². The van der Waals surface area contributed by atoms with Crippen molar-refractivity contribution in [1.82, 2.24) is 0 Å². The van der Waals surface area contributed by atoms with Crippen molar-refractivity contribution in [2.24, 2.45) is 11.7 Å². The van der Waals surface area contributed by atoms with Gasteiger partial charge in [-0.3, -0.25) is 4.79 Å². The van der Waals surface area contributed by atoms with Gasteiger partial charge in [0.25, 0.3) is 0 Å². The van der Waals surface area contributed by atoms with E-state index >= 15 is 0 Å². The fourth-order valence-electron chi connectivity index (χ4n) is 0.285. The van der Waals surface area contributed by atoms with Crippen molar-refractivity contribution in [2.75, 3.05) is 0 Å². The average molecular weight is 184 g/mol. The number of carboxylic acids is 1. The summed E-state index contributed by atoms with van der Waals surface area (Å²) in [6, 6.07) is -0.713. The zero-order valence-electron chi connectivity index (χ0n) is 5.50. The fraction of sp³-hybridized carbons (Fsp3) is 0.800. The topological polar surface area (TPSA) is 63.3 Å². The van der Waals surface area contributed by atoms with Crippen LogP contribution in [0.3, 0.4) is 0 Å². The summed E-state index contributed by atoms with van der Waals surface area (Å²) in [4.78, 5) is 10.0. The molecule has 0 rings (SSSR count). The molecule has 0 heterocycles. The Morgan fingerprint density at radius 3 is 1.80 bits per heavy atom. The Hall–Kier alpha value is 0.252. The highest BCUT2D eigenvalue weighted by atomic mass is 35.5. The summed E-state index contributed by atoms with van der Waals surface area (Å²) in [5.41, 5.74) is 5.16. The molecule has 0 aromatic rings. The molecule has 0 aromatic heterocycles. The second kappa shape index (κ2) is 7.36. The van der Waals surface area contributed by atoms with Crippen molar-refractivity contribution >= 4 is 35.7 Å². The van der Waals surface area contributed by atoms with E-state index in [-0.39, 0.29) is 35.7 Å². The SMILES string of the molecule is CC(C)[C@H](N)C(=O)O.Cl.[AlH3]. The van der Waals surface area contributed by atoms with Crippen LogP contribution in [-0.2, 0) is 4.79 Å². The van der Waals surface area contributed by atoms with Gasteiger partial charge in [-0.1, -0.05) is 13.8 Å². The normalized spacial score (nSPS) is 11.2.